The molecule has 3 rings (SSSR count). The van der Waals surface area contributed by atoms with Gasteiger partial charge in [-0.2, -0.15) is 0 Å². The van der Waals surface area contributed by atoms with Crippen molar-refractivity contribution in [3.8, 4) is 5.75 Å². The molecule has 3 aromatic rings. The summed E-state index contributed by atoms with van der Waals surface area (Å²) in [5.41, 5.74) is 2.96. The minimum absolute atomic E-state index is 0.234. The predicted octanol–water partition coefficient (Wildman–Crippen LogP) is 3.53. The summed E-state index contributed by atoms with van der Waals surface area (Å²) in [6.07, 6.45) is 1.43. The molecule has 0 saturated heterocycles. The summed E-state index contributed by atoms with van der Waals surface area (Å²) in [6, 6.07) is 15.5. The van der Waals surface area contributed by atoms with Gasteiger partial charge in [-0.1, -0.05) is 42.5 Å². The first-order valence-electron chi connectivity index (χ1n) is 8.87. The van der Waals surface area contributed by atoms with Gasteiger partial charge in [0.05, 0.1) is 17.9 Å². The van der Waals surface area contributed by atoms with Crippen LogP contribution in [0.1, 0.15) is 32.7 Å². The van der Waals surface area contributed by atoms with Gasteiger partial charge in [-0.3, -0.25) is 9.78 Å². The number of aliphatic hydroxyl groups is 1. The number of aryl methyl sites for hydroxylation is 1. The Hall–Kier alpha value is -3.25. The molecule has 2 aromatic carbocycles. The molecule has 0 saturated carbocycles. The van der Waals surface area contributed by atoms with Gasteiger partial charge < -0.3 is 15.2 Å². The smallest absolute Gasteiger partial charge is 0.253 e. The molecule has 2 N–H and O–H groups in total. The Balaban J connectivity index is 1.76. The van der Waals surface area contributed by atoms with Crippen molar-refractivity contribution in [3.63, 3.8) is 0 Å². The van der Waals surface area contributed by atoms with Gasteiger partial charge in [-0.15, -0.1) is 0 Å². The fraction of sp³-hybridized carbons (Fsp3) is 0.182. The summed E-state index contributed by atoms with van der Waals surface area (Å²) in [5.74, 6) is -0.313. The average Bonchev–Trinajstić information content (AvgIpc) is 2.72. The largest absolute Gasteiger partial charge is 0.487 e. The second-order valence-corrected chi connectivity index (χ2v) is 6.31. The van der Waals surface area contributed by atoms with Crippen molar-refractivity contribution in [1.29, 1.82) is 0 Å². The van der Waals surface area contributed by atoms with Gasteiger partial charge in [-0.25, -0.2) is 4.39 Å². The van der Waals surface area contributed by atoms with Crippen LogP contribution in [0.25, 0.3) is 0 Å². The zero-order valence-electron chi connectivity index (χ0n) is 15.5. The quantitative estimate of drug-likeness (QED) is 0.658. The highest BCUT2D eigenvalue weighted by Crippen LogP contribution is 2.26. The van der Waals surface area contributed by atoms with Crippen molar-refractivity contribution >= 4 is 5.91 Å². The number of aromatic nitrogens is 1. The second kappa shape index (κ2) is 9.10. The van der Waals surface area contributed by atoms with Crippen molar-refractivity contribution in [2.75, 3.05) is 0 Å². The van der Waals surface area contributed by atoms with Gasteiger partial charge in [0.15, 0.2) is 0 Å². The van der Waals surface area contributed by atoms with E-state index in [2.05, 4.69) is 10.3 Å². The molecule has 0 atom stereocenters. The first-order valence-corrected chi connectivity index (χ1v) is 8.87. The van der Waals surface area contributed by atoms with Gasteiger partial charge >= 0.3 is 0 Å². The maximum atomic E-state index is 13.0. The Kier molecular flexibility index (Phi) is 6.34. The van der Waals surface area contributed by atoms with Crippen LogP contribution in [0.15, 0.2) is 60.8 Å². The molecule has 144 valence electrons. The molecule has 0 aliphatic rings. The molecule has 0 unspecified atom stereocenters. The number of nitrogens with one attached hydrogen (secondary N) is 1. The van der Waals surface area contributed by atoms with Crippen LogP contribution in [-0.4, -0.2) is 16.0 Å². The summed E-state index contributed by atoms with van der Waals surface area (Å²) in [7, 11) is 0. The molecule has 28 heavy (non-hydrogen) atoms. The zero-order chi connectivity index (χ0) is 19.9. The summed E-state index contributed by atoms with van der Waals surface area (Å²) >= 11 is 0. The molecule has 0 aliphatic carbocycles. The van der Waals surface area contributed by atoms with Gasteiger partial charge in [0.2, 0.25) is 0 Å². The molecule has 0 fully saturated rings. The monoisotopic (exact) mass is 380 g/mol. The second-order valence-electron chi connectivity index (χ2n) is 6.31. The highest BCUT2D eigenvalue weighted by atomic mass is 19.1. The Labute approximate surface area is 162 Å². The Morgan fingerprint density at radius 1 is 1.11 bits per heavy atom. The third-order valence-electron chi connectivity index (χ3n) is 4.31. The number of halogens is 1. The van der Waals surface area contributed by atoms with Crippen LogP contribution in [0.3, 0.4) is 0 Å². The standard InChI is InChI=1S/C22H21FN2O3/c1-15-21(28-14-17-5-3-2-4-6-17)20(13-26)19(12-24-15)22(27)25-11-16-7-9-18(23)10-8-16/h2-10,12,26H,11,13-14H2,1H3,(H,25,27). The molecule has 1 aromatic heterocycles. The van der Waals surface area contributed by atoms with E-state index in [1.807, 2.05) is 30.3 Å². The predicted molar refractivity (Wildman–Crippen MR) is 103 cm³/mol. The number of rotatable bonds is 7. The van der Waals surface area contributed by atoms with Crippen LogP contribution >= 0.6 is 0 Å². The van der Waals surface area contributed by atoms with E-state index >= 15 is 0 Å². The maximum Gasteiger partial charge on any atom is 0.253 e. The summed E-state index contributed by atoms with van der Waals surface area (Å²) in [6.45, 7) is 1.95. The number of aliphatic hydroxyl groups excluding tert-OH is 1. The van der Waals surface area contributed by atoms with Gasteiger partial charge in [0.25, 0.3) is 5.91 Å². The SMILES string of the molecule is Cc1ncc(C(=O)NCc2ccc(F)cc2)c(CO)c1OCc1ccccc1. The summed E-state index contributed by atoms with van der Waals surface area (Å²) < 4.78 is 18.9. The zero-order valence-corrected chi connectivity index (χ0v) is 15.5. The summed E-state index contributed by atoms with van der Waals surface area (Å²) in [5, 5.41) is 12.6. The first-order chi connectivity index (χ1) is 13.6. The lowest BCUT2D eigenvalue weighted by atomic mass is 10.1. The lowest BCUT2D eigenvalue weighted by Crippen LogP contribution is -2.25. The van der Waals surface area contributed by atoms with Crippen molar-refractivity contribution < 1.29 is 19.0 Å². The maximum absolute atomic E-state index is 13.0. The van der Waals surface area contributed by atoms with Crippen LogP contribution in [0, 0.1) is 12.7 Å². The molecular weight excluding hydrogens is 359 g/mol. The van der Waals surface area contributed by atoms with Gasteiger partial charge in [-0.05, 0) is 30.2 Å². The first kappa shape index (κ1) is 19.5. The lowest BCUT2D eigenvalue weighted by molar-refractivity contribution is 0.0946. The number of carbonyl (C=O) groups is 1. The topological polar surface area (TPSA) is 71.5 Å². The fourth-order valence-corrected chi connectivity index (χ4v) is 2.79. The molecule has 6 heteroatoms. The van der Waals surface area contributed by atoms with Crippen molar-refractivity contribution in [3.05, 3.63) is 94.6 Å². The van der Waals surface area contributed by atoms with E-state index in [1.165, 1.54) is 18.3 Å². The number of amides is 1. The Morgan fingerprint density at radius 2 is 1.82 bits per heavy atom. The number of hydrogen-bond acceptors (Lipinski definition) is 4. The Bertz CT molecular complexity index is 944. The van der Waals surface area contributed by atoms with E-state index in [4.69, 9.17) is 4.74 Å². The third kappa shape index (κ3) is 4.72. The van der Waals surface area contributed by atoms with Crippen LogP contribution in [0.2, 0.25) is 0 Å². The normalized spacial score (nSPS) is 10.5. The van der Waals surface area contributed by atoms with E-state index in [1.54, 1.807) is 19.1 Å². The lowest BCUT2D eigenvalue weighted by Gasteiger charge is -2.16. The number of ether oxygens (including phenoxy) is 1. The van der Waals surface area contributed by atoms with E-state index < -0.39 is 0 Å². The number of pyridine rings is 1. The number of nitrogens with zero attached hydrogens (tertiary/aromatic N) is 1. The van der Waals surface area contributed by atoms with E-state index in [9.17, 15) is 14.3 Å². The average molecular weight is 380 g/mol. The van der Waals surface area contributed by atoms with Crippen LogP contribution in [-0.2, 0) is 19.8 Å². The molecule has 0 spiro atoms. The molecular formula is C22H21FN2O3. The highest BCUT2D eigenvalue weighted by Gasteiger charge is 2.18. The molecule has 1 heterocycles. The van der Waals surface area contributed by atoms with Crippen molar-refractivity contribution in [1.82, 2.24) is 10.3 Å². The minimum Gasteiger partial charge on any atom is -0.487 e. The fourth-order valence-electron chi connectivity index (χ4n) is 2.79. The van der Waals surface area contributed by atoms with Crippen LogP contribution in [0.4, 0.5) is 4.39 Å². The Morgan fingerprint density at radius 3 is 2.50 bits per heavy atom. The van der Waals surface area contributed by atoms with Crippen molar-refractivity contribution in [2.45, 2.75) is 26.7 Å². The molecule has 5 nitrogen and oxygen atoms in total. The number of benzene rings is 2. The molecule has 0 aliphatic heterocycles. The number of hydrogen-bond donors (Lipinski definition) is 2. The van der Waals surface area contributed by atoms with Gasteiger partial charge in [0.1, 0.15) is 18.2 Å². The third-order valence-corrected chi connectivity index (χ3v) is 4.31. The minimum atomic E-state index is -0.384. The van der Waals surface area contributed by atoms with E-state index in [-0.39, 0.29) is 30.4 Å². The molecule has 0 radical (unpaired) electrons. The van der Waals surface area contributed by atoms with Crippen molar-refractivity contribution in [2.24, 2.45) is 0 Å². The number of carbonyl (C=O) groups excluding carboxylic acids is 1. The highest BCUT2D eigenvalue weighted by molar-refractivity contribution is 5.96. The van der Waals surface area contributed by atoms with Gasteiger partial charge in [0, 0.05) is 18.3 Å². The molecule has 0 bridgehead atoms. The van der Waals surface area contributed by atoms with Crippen LogP contribution in [0.5, 0.6) is 5.75 Å². The summed E-state index contributed by atoms with van der Waals surface area (Å²) in [4.78, 5) is 16.9. The molecule has 1 amide bonds. The van der Waals surface area contributed by atoms with Crippen LogP contribution < -0.4 is 10.1 Å². The van der Waals surface area contributed by atoms with E-state index in [0.717, 1.165) is 11.1 Å². The van der Waals surface area contributed by atoms with E-state index in [0.29, 0.717) is 23.6 Å².